The second kappa shape index (κ2) is 8.70. The summed E-state index contributed by atoms with van der Waals surface area (Å²) in [4.78, 5) is 32.5. The highest BCUT2D eigenvalue weighted by Crippen LogP contribution is 2.45. The molecule has 0 unspecified atom stereocenters. The molecule has 0 N–H and O–H groups in total. The van der Waals surface area contributed by atoms with E-state index in [4.69, 9.17) is 0 Å². The number of thiophene rings is 1. The van der Waals surface area contributed by atoms with Crippen molar-refractivity contribution in [1.82, 2.24) is 9.80 Å². The zero-order valence-electron chi connectivity index (χ0n) is 17.3. The largest absolute Gasteiger partial charge is 0.342 e. The van der Waals surface area contributed by atoms with Crippen LogP contribution < -0.4 is 0 Å². The van der Waals surface area contributed by atoms with Crippen LogP contribution in [0.15, 0.2) is 41.8 Å². The molecule has 4 rings (SSSR count). The minimum Gasteiger partial charge on any atom is -0.342 e. The van der Waals surface area contributed by atoms with Gasteiger partial charge < -0.3 is 9.80 Å². The molecule has 0 bridgehead atoms. The Hall–Kier alpha value is -2.14. The van der Waals surface area contributed by atoms with Gasteiger partial charge in [0.25, 0.3) is 5.91 Å². The number of fused-ring (bicyclic) bond motifs is 1. The fourth-order valence-corrected chi connectivity index (χ4v) is 5.59. The molecule has 1 aromatic carbocycles. The summed E-state index contributed by atoms with van der Waals surface area (Å²) in [6.45, 7) is 6.56. The lowest BCUT2D eigenvalue weighted by atomic mass is 9.80. The molecule has 5 heteroatoms. The maximum absolute atomic E-state index is 13.9. The Kier molecular flexibility index (Phi) is 6.04. The fourth-order valence-electron chi connectivity index (χ4n) is 4.72. The average Bonchev–Trinajstić information content (AvgIpc) is 3.10. The van der Waals surface area contributed by atoms with Crippen LogP contribution in [0.4, 0.5) is 0 Å². The minimum absolute atomic E-state index is 0.0487. The van der Waals surface area contributed by atoms with Crippen LogP contribution in [0.25, 0.3) is 0 Å². The van der Waals surface area contributed by atoms with Crippen molar-refractivity contribution in [3.8, 4) is 0 Å². The average molecular weight is 411 g/mol. The van der Waals surface area contributed by atoms with E-state index >= 15 is 0 Å². The topological polar surface area (TPSA) is 40.6 Å². The molecule has 1 saturated heterocycles. The number of benzene rings is 1. The monoisotopic (exact) mass is 410 g/mol. The summed E-state index contributed by atoms with van der Waals surface area (Å²) in [5.74, 6) is 0.228. The van der Waals surface area contributed by atoms with Gasteiger partial charge in [0.1, 0.15) is 0 Å². The maximum Gasteiger partial charge on any atom is 0.254 e. The van der Waals surface area contributed by atoms with E-state index in [9.17, 15) is 9.59 Å². The summed E-state index contributed by atoms with van der Waals surface area (Å²) in [5, 5.41) is 2.04. The second-order valence-electron chi connectivity index (χ2n) is 8.62. The van der Waals surface area contributed by atoms with Crippen LogP contribution in [-0.2, 0) is 4.79 Å². The lowest BCUT2D eigenvalue weighted by Gasteiger charge is -2.43. The molecule has 0 aliphatic carbocycles. The van der Waals surface area contributed by atoms with Crippen LogP contribution in [0.5, 0.6) is 0 Å². The van der Waals surface area contributed by atoms with Crippen molar-refractivity contribution < 1.29 is 9.59 Å². The van der Waals surface area contributed by atoms with Gasteiger partial charge in [0, 0.05) is 30.1 Å². The van der Waals surface area contributed by atoms with E-state index in [1.54, 1.807) is 11.3 Å². The second-order valence-corrected chi connectivity index (χ2v) is 9.60. The highest BCUT2D eigenvalue weighted by atomic mass is 32.1. The lowest BCUT2D eigenvalue weighted by molar-refractivity contribution is -0.134. The molecule has 0 radical (unpaired) electrons. The molecule has 0 spiro atoms. The Bertz CT molecular complexity index is 854. The number of carbonyl (C=O) groups is 2. The number of hydrogen-bond donors (Lipinski definition) is 0. The molecule has 3 heterocycles. The molecule has 29 heavy (non-hydrogen) atoms. The number of likely N-dealkylation sites (tertiary alicyclic amines) is 1. The van der Waals surface area contributed by atoms with Gasteiger partial charge in [0.15, 0.2) is 0 Å². The van der Waals surface area contributed by atoms with Crippen LogP contribution in [0.3, 0.4) is 0 Å². The third-order valence-corrected chi connectivity index (χ3v) is 6.96. The van der Waals surface area contributed by atoms with E-state index in [0.29, 0.717) is 18.0 Å². The fraction of sp³-hybridized carbons (Fsp3) is 0.500. The first-order chi connectivity index (χ1) is 14.1. The van der Waals surface area contributed by atoms with Gasteiger partial charge in [0.05, 0.1) is 12.0 Å². The molecular formula is C24H30N2O2S. The molecule has 2 aliphatic rings. The van der Waals surface area contributed by atoms with Crippen LogP contribution in [0.2, 0.25) is 0 Å². The van der Waals surface area contributed by atoms with E-state index in [-0.39, 0.29) is 23.8 Å². The first-order valence-corrected chi connectivity index (χ1v) is 11.7. The Labute approximate surface area is 177 Å². The van der Waals surface area contributed by atoms with Crippen molar-refractivity contribution in [1.29, 1.82) is 0 Å². The molecule has 2 aliphatic heterocycles. The first kappa shape index (κ1) is 20.1. The summed E-state index contributed by atoms with van der Waals surface area (Å²) >= 11 is 1.64. The zero-order chi connectivity index (χ0) is 20.4. The Morgan fingerprint density at radius 2 is 1.79 bits per heavy atom. The van der Waals surface area contributed by atoms with Gasteiger partial charge in [-0.25, -0.2) is 0 Å². The quantitative estimate of drug-likeness (QED) is 0.705. The summed E-state index contributed by atoms with van der Waals surface area (Å²) in [7, 11) is 0. The third-order valence-electron chi connectivity index (χ3n) is 6.02. The van der Waals surface area contributed by atoms with Gasteiger partial charge in [-0.05, 0) is 41.8 Å². The molecule has 2 atom stereocenters. The van der Waals surface area contributed by atoms with Crippen LogP contribution in [0.1, 0.15) is 72.3 Å². The number of rotatable bonds is 4. The molecule has 154 valence electrons. The lowest BCUT2D eigenvalue weighted by Crippen LogP contribution is -2.49. The van der Waals surface area contributed by atoms with E-state index in [1.807, 2.05) is 40.6 Å². The molecule has 1 aromatic heterocycles. The predicted molar refractivity (Wildman–Crippen MR) is 117 cm³/mol. The smallest absolute Gasteiger partial charge is 0.254 e. The highest BCUT2D eigenvalue weighted by molar-refractivity contribution is 7.10. The summed E-state index contributed by atoms with van der Waals surface area (Å²) in [6, 6.07) is 11.6. The predicted octanol–water partition coefficient (Wildman–Crippen LogP) is 5.09. The SMILES string of the molecule is CC(C)CN1C(=O)c2ccccc2[C@H](C(=O)N2CCCCCC2)[C@@H]1c1cccs1. The summed E-state index contributed by atoms with van der Waals surface area (Å²) < 4.78 is 0. The highest BCUT2D eigenvalue weighted by Gasteiger charge is 2.45. The number of nitrogens with zero attached hydrogens (tertiary/aromatic N) is 2. The van der Waals surface area contributed by atoms with Crippen molar-refractivity contribution in [2.45, 2.75) is 51.5 Å². The van der Waals surface area contributed by atoms with E-state index < -0.39 is 0 Å². The van der Waals surface area contributed by atoms with Crippen LogP contribution >= 0.6 is 11.3 Å². The van der Waals surface area contributed by atoms with E-state index in [1.165, 1.54) is 12.8 Å². The first-order valence-electron chi connectivity index (χ1n) is 10.8. The third kappa shape index (κ3) is 3.97. The maximum atomic E-state index is 13.9. The molecular weight excluding hydrogens is 380 g/mol. The van der Waals surface area contributed by atoms with Gasteiger partial charge >= 0.3 is 0 Å². The molecule has 2 amide bonds. The summed E-state index contributed by atoms with van der Waals surface area (Å²) in [5.41, 5.74) is 1.58. The molecule has 2 aromatic rings. The van der Waals surface area contributed by atoms with Crippen molar-refractivity contribution in [3.63, 3.8) is 0 Å². The summed E-state index contributed by atoms with van der Waals surface area (Å²) in [6.07, 6.45) is 4.52. The molecule has 1 fully saturated rings. The van der Waals surface area contributed by atoms with Gasteiger partial charge in [-0.2, -0.15) is 0 Å². The van der Waals surface area contributed by atoms with Crippen molar-refractivity contribution in [2.24, 2.45) is 5.92 Å². The number of amides is 2. The molecule has 4 nitrogen and oxygen atoms in total. The normalized spacial score (nSPS) is 22.5. The minimum atomic E-state index is -0.334. The van der Waals surface area contributed by atoms with Gasteiger partial charge in [-0.1, -0.05) is 51.0 Å². The van der Waals surface area contributed by atoms with Crippen molar-refractivity contribution in [2.75, 3.05) is 19.6 Å². The standard InChI is InChI=1S/C24H30N2O2S/c1-17(2)16-26-22(20-12-9-15-29-20)21(18-10-5-6-11-19(18)23(26)27)24(28)25-13-7-3-4-8-14-25/h5-6,9-12,15,17,21-22H,3-4,7-8,13-14,16H2,1-2H3/t21-,22-/m0/s1. The Morgan fingerprint density at radius 1 is 1.07 bits per heavy atom. The Balaban J connectivity index is 1.82. The van der Waals surface area contributed by atoms with E-state index in [0.717, 1.165) is 36.4 Å². The van der Waals surface area contributed by atoms with E-state index in [2.05, 4.69) is 24.8 Å². The van der Waals surface area contributed by atoms with Crippen molar-refractivity contribution in [3.05, 3.63) is 57.8 Å². The van der Waals surface area contributed by atoms with Crippen molar-refractivity contribution >= 4 is 23.2 Å². The van der Waals surface area contributed by atoms with Crippen LogP contribution in [-0.4, -0.2) is 41.2 Å². The van der Waals surface area contributed by atoms with Gasteiger partial charge in [-0.15, -0.1) is 11.3 Å². The van der Waals surface area contributed by atoms with Gasteiger partial charge in [-0.3, -0.25) is 9.59 Å². The van der Waals surface area contributed by atoms with Gasteiger partial charge in [0.2, 0.25) is 5.91 Å². The zero-order valence-corrected chi connectivity index (χ0v) is 18.2. The molecule has 0 saturated carbocycles. The van der Waals surface area contributed by atoms with Crippen LogP contribution in [0, 0.1) is 5.92 Å². The Morgan fingerprint density at radius 3 is 2.45 bits per heavy atom. The number of hydrogen-bond acceptors (Lipinski definition) is 3. The number of carbonyl (C=O) groups excluding carboxylic acids is 2.